The summed E-state index contributed by atoms with van der Waals surface area (Å²) >= 11 is 7.65. The van der Waals surface area contributed by atoms with E-state index in [2.05, 4.69) is 9.97 Å². The zero-order valence-corrected chi connectivity index (χ0v) is 10.9. The Balaban J connectivity index is 2.07. The van der Waals surface area contributed by atoms with Crippen LogP contribution in [0.5, 0.6) is 0 Å². The lowest BCUT2D eigenvalue weighted by Crippen LogP contribution is -1.91. The van der Waals surface area contributed by atoms with E-state index in [1.807, 2.05) is 25.1 Å². The Hall–Kier alpha value is -1.26. The molecule has 1 aromatic carbocycles. The quantitative estimate of drug-likeness (QED) is 0.526. The predicted octanol–water partition coefficient (Wildman–Crippen LogP) is 3.31. The molecule has 88 valence electrons. The second-order valence-electron chi connectivity index (χ2n) is 3.62. The van der Waals surface area contributed by atoms with Gasteiger partial charge in [-0.3, -0.25) is 0 Å². The molecule has 5 heteroatoms. The van der Waals surface area contributed by atoms with Gasteiger partial charge in [-0.25, -0.2) is 9.97 Å². The first-order valence-electron chi connectivity index (χ1n) is 5.11. The van der Waals surface area contributed by atoms with Gasteiger partial charge in [-0.2, -0.15) is 0 Å². The van der Waals surface area contributed by atoms with E-state index in [0.29, 0.717) is 10.7 Å². The second-order valence-corrected chi connectivity index (χ2v) is 4.97. The van der Waals surface area contributed by atoms with Gasteiger partial charge in [-0.05, 0) is 30.7 Å². The Morgan fingerprint density at radius 1 is 1.35 bits per heavy atom. The highest BCUT2D eigenvalue weighted by Gasteiger charge is 2.03. The molecule has 0 unspecified atom stereocenters. The molecule has 2 N–H and O–H groups in total. The minimum atomic E-state index is 0.676. The molecule has 0 amide bonds. The molecule has 2 rings (SSSR count). The fourth-order valence-electron chi connectivity index (χ4n) is 1.32. The van der Waals surface area contributed by atoms with Gasteiger partial charge in [0.2, 0.25) is 0 Å². The third kappa shape index (κ3) is 3.35. The van der Waals surface area contributed by atoms with Crippen LogP contribution in [-0.2, 0) is 5.75 Å². The van der Waals surface area contributed by atoms with Crippen molar-refractivity contribution in [3.63, 3.8) is 0 Å². The van der Waals surface area contributed by atoms with E-state index in [0.717, 1.165) is 22.2 Å². The number of aromatic nitrogens is 2. The number of nitrogen functional groups attached to an aromatic ring is 1. The van der Waals surface area contributed by atoms with Crippen molar-refractivity contribution in [2.75, 3.05) is 5.73 Å². The maximum absolute atomic E-state index is 6.09. The van der Waals surface area contributed by atoms with Crippen LogP contribution >= 0.6 is 23.4 Å². The van der Waals surface area contributed by atoms with Crippen LogP contribution in [0.2, 0.25) is 5.02 Å². The summed E-state index contributed by atoms with van der Waals surface area (Å²) in [6, 6.07) is 7.41. The van der Waals surface area contributed by atoms with E-state index in [4.69, 9.17) is 17.3 Å². The van der Waals surface area contributed by atoms with Crippen molar-refractivity contribution in [2.45, 2.75) is 17.8 Å². The molecule has 2 aromatic rings. The summed E-state index contributed by atoms with van der Waals surface area (Å²) in [5.74, 6) is 0.739. The maximum Gasteiger partial charge on any atom is 0.188 e. The standard InChI is InChI=1S/C12H12ClN3S/c1-8-4-5-15-12(16-8)17-7-9-2-3-10(14)6-11(9)13/h2-6H,7,14H2,1H3. The molecule has 1 heterocycles. The molecular formula is C12H12ClN3S. The lowest BCUT2D eigenvalue weighted by Gasteiger charge is -2.04. The van der Waals surface area contributed by atoms with Crippen LogP contribution in [0.3, 0.4) is 0 Å². The third-order valence-corrected chi connectivity index (χ3v) is 3.47. The summed E-state index contributed by atoms with van der Waals surface area (Å²) in [4.78, 5) is 8.51. The van der Waals surface area contributed by atoms with Gasteiger partial charge in [-0.15, -0.1) is 0 Å². The molecule has 1 aromatic heterocycles. The fraction of sp³-hybridized carbons (Fsp3) is 0.167. The Kier molecular flexibility index (Phi) is 3.86. The van der Waals surface area contributed by atoms with E-state index >= 15 is 0 Å². The van der Waals surface area contributed by atoms with Gasteiger partial charge in [0.1, 0.15) is 0 Å². The normalized spacial score (nSPS) is 10.5. The molecule has 0 saturated heterocycles. The van der Waals surface area contributed by atoms with Gasteiger partial charge < -0.3 is 5.73 Å². The summed E-state index contributed by atoms with van der Waals surface area (Å²) in [7, 11) is 0. The number of nitrogens with zero attached hydrogens (tertiary/aromatic N) is 2. The van der Waals surface area contributed by atoms with Crippen LogP contribution in [0.1, 0.15) is 11.3 Å². The number of aryl methyl sites for hydroxylation is 1. The molecule has 17 heavy (non-hydrogen) atoms. The molecule has 0 aliphatic rings. The largest absolute Gasteiger partial charge is 0.399 e. The van der Waals surface area contributed by atoms with E-state index in [9.17, 15) is 0 Å². The SMILES string of the molecule is Cc1ccnc(SCc2ccc(N)cc2Cl)n1. The lowest BCUT2D eigenvalue weighted by atomic mass is 10.2. The number of hydrogen-bond donors (Lipinski definition) is 1. The third-order valence-electron chi connectivity index (χ3n) is 2.21. The van der Waals surface area contributed by atoms with Crippen molar-refractivity contribution < 1.29 is 0 Å². The van der Waals surface area contributed by atoms with Gasteiger partial charge >= 0.3 is 0 Å². The number of halogens is 1. The average Bonchev–Trinajstić information content (AvgIpc) is 2.28. The summed E-state index contributed by atoms with van der Waals surface area (Å²) in [6.07, 6.45) is 1.76. The van der Waals surface area contributed by atoms with Crippen molar-refractivity contribution in [3.8, 4) is 0 Å². The highest BCUT2D eigenvalue weighted by molar-refractivity contribution is 7.98. The Morgan fingerprint density at radius 2 is 2.18 bits per heavy atom. The molecule has 0 fully saturated rings. The number of hydrogen-bond acceptors (Lipinski definition) is 4. The van der Waals surface area contributed by atoms with Crippen molar-refractivity contribution in [1.29, 1.82) is 0 Å². The number of rotatable bonds is 3. The predicted molar refractivity (Wildman–Crippen MR) is 72.2 cm³/mol. The van der Waals surface area contributed by atoms with Gasteiger partial charge in [-0.1, -0.05) is 29.4 Å². The van der Waals surface area contributed by atoms with Crippen LogP contribution in [0, 0.1) is 6.92 Å². The van der Waals surface area contributed by atoms with E-state index in [1.165, 1.54) is 0 Å². The molecule has 0 aliphatic heterocycles. The first kappa shape index (κ1) is 12.2. The zero-order valence-electron chi connectivity index (χ0n) is 9.35. The Morgan fingerprint density at radius 3 is 2.88 bits per heavy atom. The van der Waals surface area contributed by atoms with Crippen molar-refractivity contribution in [3.05, 3.63) is 46.7 Å². The number of thioether (sulfide) groups is 1. The summed E-state index contributed by atoms with van der Waals surface area (Å²) in [6.45, 7) is 1.95. The van der Waals surface area contributed by atoms with Crippen LogP contribution in [0.15, 0.2) is 35.6 Å². The lowest BCUT2D eigenvalue weighted by molar-refractivity contribution is 0.932. The van der Waals surface area contributed by atoms with Crippen LogP contribution in [0.25, 0.3) is 0 Å². The molecule has 0 saturated carbocycles. The number of anilines is 1. The van der Waals surface area contributed by atoms with Gasteiger partial charge in [0.15, 0.2) is 5.16 Å². The van der Waals surface area contributed by atoms with E-state index in [1.54, 1.807) is 24.0 Å². The minimum absolute atomic E-state index is 0.676. The van der Waals surface area contributed by atoms with Crippen molar-refractivity contribution >= 4 is 29.1 Å². The second kappa shape index (κ2) is 5.38. The van der Waals surface area contributed by atoms with E-state index in [-0.39, 0.29) is 0 Å². The van der Waals surface area contributed by atoms with Crippen molar-refractivity contribution in [2.24, 2.45) is 0 Å². The summed E-state index contributed by atoms with van der Waals surface area (Å²) in [5.41, 5.74) is 8.32. The van der Waals surface area contributed by atoms with E-state index < -0.39 is 0 Å². The number of nitrogens with two attached hydrogens (primary N) is 1. The van der Waals surface area contributed by atoms with Gasteiger partial charge in [0.05, 0.1) is 0 Å². The minimum Gasteiger partial charge on any atom is -0.399 e. The zero-order chi connectivity index (χ0) is 12.3. The van der Waals surface area contributed by atoms with Crippen LogP contribution in [0.4, 0.5) is 5.69 Å². The highest BCUT2D eigenvalue weighted by Crippen LogP contribution is 2.26. The number of benzene rings is 1. The molecule has 0 radical (unpaired) electrons. The van der Waals surface area contributed by atoms with Crippen LogP contribution < -0.4 is 5.73 Å². The van der Waals surface area contributed by atoms with Crippen LogP contribution in [-0.4, -0.2) is 9.97 Å². The average molecular weight is 266 g/mol. The summed E-state index contributed by atoms with van der Waals surface area (Å²) in [5, 5.41) is 1.45. The Labute approximate surface area is 109 Å². The molecular weight excluding hydrogens is 254 g/mol. The molecule has 0 bridgehead atoms. The first-order valence-corrected chi connectivity index (χ1v) is 6.48. The topological polar surface area (TPSA) is 51.8 Å². The van der Waals surface area contributed by atoms with Gasteiger partial charge in [0.25, 0.3) is 0 Å². The molecule has 0 aliphatic carbocycles. The van der Waals surface area contributed by atoms with Gasteiger partial charge in [0, 0.05) is 28.4 Å². The monoisotopic (exact) mass is 265 g/mol. The fourth-order valence-corrected chi connectivity index (χ4v) is 2.53. The molecule has 0 atom stereocenters. The summed E-state index contributed by atoms with van der Waals surface area (Å²) < 4.78 is 0. The highest BCUT2D eigenvalue weighted by atomic mass is 35.5. The molecule has 0 spiro atoms. The van der Waals surface area contributed by atoms with Crippen molar-refractivity contribution in [1.82, 2.24) is 9.97 Å². The smallest absolute Gasteiger partial charge is 0.188 e. The first-order chi connectivity index (χ1) is 8.15. The Bertz CT molecular complexity index is 531. The molecule has 3 nitrogen and oxygen atoms in total. The maximum atomic E-state index is 6.09.